The normalized spacial score (nSPS) is 33.1. The topological polar surface area (TPSA) is 71.1 Å². The van der Waals surface area contributed by atoms with E-state index in [0.717, 1.165) is 45.4 Å². The van der Waals surface area contributed by atoms with E-state index < -0.39 is 0 Å². The van der Waals surface area contributed by atoms with Crippen LogP contribution in [0.1, 0.15) is 32.1 Å². The van der Waals surface area contributed by atoms with Crippen LogP contribution < -0.4 is 5.73 Å². The summed E-state index contributed by atoms with van der Waals surface area (Å²) < 4.78 is 5.63. The zero-order valence-corrected chi connectivity index (χ0v) is 9.64. The highest BCUT2D eigenvalue weighted by Crippen LogP contribution is 2.21. The molecule has 0 aromatic carbocycles. The molecule has 2 atom stereocenters. The van der Waals surface area contributed by atoms with Crippen LogP contribution in [0, 0.1) is 0 Å². The van der Waals surface area contributed by atoms with E-state index in [2.05, 4.69) is 10.1 Å². The summed E-state index contributed by atoms with van der Waals surface area (Å²) in [6.07, 6.45) is 5.98. The molecule has 0 amide bonds. The third-order valence-corrected chi connectivity index (χ3v) is 3.53. The van der Waals surface area contributed by atoms with Crippen molar-refractivity contribution < 1.29 is 9.94 Å². The van der Waals surface area contributed by atoms with Crippen molar-refractivity contribution in [1.82, 2.24) is 4.90 Å². The van der Waals surface area contributed by atoms with Crippen molar-refractivity contribution in [2.75, 3.05) is 19.7 Å². The number of rotatable bonds is 3. The molecular weight excluding hydrogens is 206 g/mol. The number of piperidine rings is 1. The van der Waals surface area contributed by atoms with Gasteiger partial charge in [-0.2, -0.15) is 0 Å². The van der Waals surface area contributed by atoms with Crippen LogP contribution in [0.15, 0.2) is 5.16 Å². The number of hydrogen-bond acceptors (Lipinski definition) is 4. The zero-order valence-electron chi connectivity index (χ0n) is 9.64. The summed E-state index contributed by atoms with van der Waals surface area (Å²) in [6.45, 7) is 2.83. The van der Waals surface area contributed by atoms with E-state index in [9.17, 15) is 0 Å². The van der Waals surface area contributed by atoms with Gasteiger partial charge in [-0.25, -0.2) is 0 Å². The molecule has 5 heteroatoms. The molecule has 0 aliphatic carbocycles. The van der Waals surface area contributed by atoms with Crippen molar-refractivity contribution in [3.8, 4) is 0 Å². The Morgan fingerprint density at radius 2 is 2.25 bits per heavy atom. The van der Waals surface area contributed by atoms with Crippen LogP contribution in [0.25, 0.3) is 0 Å². The first-order chi connectivity index (χ1) is 7.81. The van der Waals surface area contributed by atoms with Crippen molar-refractivity contribution >= 4 is 5.84 Å². The molecule has 2 rings (SSSR count). The maximum Gasteiger partial charge on any atom is 0.156 e. The molecule has 2 aliphatic heterocycles. The van der Waals surface area contributed by atoms with Crippen LogP contribution in [-0.2, 0) is 4.74 Å². The first-order valence-corrected chi connectivity index (χ1v) is 6.14. The second-order valence-electron chi connectivity index (χ2n) is 4.67. The van der Waals surface area contributed by atoms with Gasteiger partial charge in [0.15, 0.2) is 5.84 Å². The number of oxime groups is 1. The Labute approximate surface area is 96.2 Å². The Hall–Kier alpha value is -0.810. The molecule has 2 aliphatic rings. The lowest BCUT2D eigenvalue weighted by atomic mass is 10.0. The number of amidine groups is 1. The average molecular weight is 227 g/mol. The van der Waals surface area contributed by atoms with E-state index in [1.807, 2.05) is 0 Å². The summed E-state index contributed by atoms with van der Waals surface area (Å²) in [5, 5.41) is 11.9. The summed E-state index contributed by atoms with van der Waals surface area (Å²) >= 11 is 0. The molecule has 0 bridgehead atoms. The highest BCUT2D eigenvalue weighted by molar-refractivity contribution is 5.85. The van der Waals surface area contributed by atoms with Crippen LogP contribution in [0.4, 0.5) is 0 Å². The van der Waals surface area contributed by atoms with E-state index in [-0.39, 0.29) is 6.04 Å². The molecule has 16 heavy (non-hydrogen) atoms. The van der Waals surface area contributed by atoms with E-state index in [1.165, 1.54) is 6.42 Å². The van der Waals surface area contributed by atoms with Gasteiger partial charge in [-0.15, -0.1) is 0 Å². The Kier molecular flexibility index (Phi) is 4.01. The zero-order chi connectivity index (χ0) is 11.4. The van der Waals surface area contributed by atoms with E-state index >= 15 is 0 Å². The summed E-state index contributed by atoms with van der Waals surface area (Å²) in [5.74, 6) is 0.345. The van der Waals surface area contributed by atoms with Gasteiger partial charge in [0.1, 0.15) is 0 Å². The molecule has 0 saturated carbocycles. The Morgan fingerprint density at radius 3 is 2.94 bits per heavy atom. The lowest BCUT2D eigenvalue weighted by molar-refractivity contribution is 0.0568. The predicted molar refractivity (Wildman–Crippen MR) is 61.6 cm³/mol. The van der Waals surface area contributed by atoms with Gasteiger partial charge in [0.25, 0.3) is 0 Å². The lowest BCUT2D eigenvalue weighted by Crippen LogP contribution is -2.50. The summed E-state index contributed by atoms with van der Waals surface area (Å²) in [6, 6.07) is 0.1000. The van der Waals surface area contributed by atoms with Crippen LogP contribution in [0.2, 0.25) is 0 Å². The minimum Gasteiger partial charge on any atom is -0.409 e. The summed E-state index contributed by atoms with van der Waals surface area (Å²) in [5.41, 5.74) is 5.73. The van der Waals surface area contributed by atoms with Gasteiger partial charge in [-0.05, 0) is 32.2 Å². The molecule has 0 spiro atoms. The van der Waals surface area contributed by atoms with Gasteiger partial charge in [0, 0.05) is 13.2 Å². The molecule has 92 valence electrons. The fourth-order valence-corrected chi connectivity index (χ4v) is 2.66. The molecule has 2 heterocycles. The van der Waals surface area contributed by atoms with Gasteiger partial charge in [-0.3, -0.25) is 4.90 Å². The van der Waals surface area contributed by atoms with Crippen LogP contribution in [0.5, 0.6) is 0 Å². The van der Waals surface area contributed by atoms with Crippen LogP contribution in [0.3, 0.4) is 0 Å². The predicted octanol–water partition coefficient (Wildman–Crippen LogP) is 0.766. The molecule has 0 aromatic rings. The standard InChI is InChI=1S/C11H21N3O2/c12-11(13-15)10-5-1-2-6-14(10)8-9-4-3-7-16-9/h9-10,15H,1-8H2,(H2,12,13). The largest absolute Gasteiger partial charge is 0.409 e. The van der Waals surface area contributed by atoms with Gasteiger partial charge in [-0.1, -0.05) is 11.6 Å². The summed E-state index contributed by atoms with van der Waals surface area (Å²) in [4.78, 5) is 2.30. The molecule has 0 aromatic heterocycles. The number of ether oxygens (including phenoxy) is 1. The first kappa shape index (κ1) is 11.7. The minimum atomic E-state index is 0.1000. The molecule has 2 saturated heterocycles. The molecule has 2 fully saturated rings. The van der Waals surface area contributed by atoms with Gasteiger partial charge in [0.05, 0.1) is 12.1 Å². The number of nitrogens with two attached hydrogens (primary N) is 1. The second kappa shape index (κ2) is 5.50. The quantitative estimate of drug-likeness (QED) is 0.323. The highest BCUT2D eigenvalue weighted by Gasteiger charge is 2.29. The molecule has 3 N–H and O–H groups in total. The second-order valence-corrected chi connectivity index (χ2v) is 4.67. The van der Waals surface area contributed by atoms with Crippen molar-refractivity contribution in [3.63, 3.8) is 0 Å². The van der Waals surface area contributed by atoms with E-state index in [0.29, 0.717) is 11.9 Å². The van der Waals surface area contributed by atoms with Crippen molar-refractivity contribution in [3.05, 3.63) is 0 Å². The van der Waals surface area contributed by atoms with Crippen molar-refractivity contribution in [2.24, 2.45) is 10.9 Å². The van der Waals surface area contributed by atoms with Crippen molar-refractivity contribution in [2.45, 2.75) is 44.2 Å². The smallest absolute Gasteiger partial charge is 0.156 e. The first-order valence-electron chi connectivity index (χ1n) is 6.14. The Morgan fingerprint density at radius 1 is 1.38 bits per heavy atom. The third-order valence-electron chi connectivity index (χ3n) is 3.53. The fraction of sp³-hybridized carbons (Fsp3) is 0.909. The minimum absolute atomic E-state index is 0.1000. The van der Waals surface area contributed by atoms with Gasteiger partial charge in [0.2, 0.25) is 0 Å². The van der Waals surface area contributed by atoms with Crippen LogP contribution >= 0.6 is 0 Å². The maximum atomic E-state index is 8.77. The SMILES string of the molecule is NC(=NO)C1CCCCN1CC1CCCO1. The van der Waals surface area contributed by atoms with Gasteiger partial charge >= 0.3 is 0 Å². The fourth-order valence-electron chi connectivity index (χ4n) is 2.66. The maximum absolute atomic E-state index is 8.77. The molecule has 5 nitrogen and oxygen atoms in total. The molecule has 2 unspecified atom stereocenters. The number of hydrogen-bond donors (Lipinski definition) is 2. The molecular formula is C11H21N3O2. The van der Waals surface area contributed by atoms with E-state index in [1.54, 1.807) is 0 Å². The monoisotopic (exact) mass is 227 g/mol. The average Bonchev–Trinajstić information content (AvgIpc) is 2.82. The third kappa shape index (κ3) is 2.65. The summed E-state index contributed by atoms with van der Waals surface area (Å²) in [7, 11) is 0. The molecule has 0 radical (unpaired) electrons. The number of nitrogens with zero attached hydrogens (tertiary/aromatic N) is 2. The number of likely N-dealkylation sites (tertiary alicyclic amines) is 1. The van der Waals surface area contributed by atoms with Crippen LogP contribution in [-0.4, -0.2) is 47.8 Å². The Balaban J connectivity index is 1.93. The van der Waals surface area contributed by atoms with E-state index in [4.69, 9.17) is 15.7 Å². The van der Waals surface area contributed by atoms with Crippen molar-refractivity contribution in [1.29, 1.82) is 0 Å². The Bertz CT molecular complexity index is 252. The van der Waals surface area contributed by atoms with Gasteiger partial charge < -0.3 is 15.7 Å². The lowest BCUT2D eigenvalue weighted by Gasteiger charge is -2.36. The highest BCUT2D eigenvalue weighted by atomic mass is 16.5.